The Morgan fingerprint density at radius 2 is 1.23 bits per heavy atom. The van der Waals surface area contributed by atoms with E-state index in [4.69, 9.17) is 10.2 Å². The topological polar surface area (TPSA) is 74.6 Å². The zero-order valence-corrected chi connectivity index (χ0v) is 11.2. The monoisotopic (exact) mass is 320 g/mol. The lowest BCUT2D eigenvalue weighted by atomic mass is 9.67. The molecule has 2 rings (SSSR count). The fourth-order valence-electron chi connectivity index (χ4n) is 2.87. The molecular formula is C18H40O4. The Kier molecular flexibility index (Phi) is 17.9. The maximum Gasteiger partial charge on any atom is 0.310 e. The van der Waals surface area contributed by atoms with Gasteiger partial charge in [0.1, 0.15) is 0 Å². The highest BCUT2D eigenvalue weighted by Crippen LogP contribution is 2.41. The summed E-state index contributed by atoms with van der Waals surface area (Å²) in [5.41, 5.74) is -1.07. The van der Waals surface area contributed by atoms with Gasteiger partial charge in [-0.25, -0.2) is 0 Å². The average molecular weight is 321 g/mol. The van der Waals surface area contributed by atoms with Crippen molar-refractivity contribution in [3.63, 3.8) is 0 Å². The van der Waals surface area contributed by atoms with Crippen molar-refractivity contribution >= 4 is 11.9 Å². The van der Waals surface area contributed by atoms with Gasteiger partial charge < -0.3 is 10.2 Å². The lowest BCUT2D eigenvalue weighted by molar-refractivity contribution is -0.164. The molecule has 22 heavy (non-hydrogen) atoms. The first-order valence-electron chi connectivity index (χ1n) is 6.94. The van der Waals surface area contributed by atoms with E-state index in [1.54, 1.807) is 0 Å². The van der Waals surface area contributed by atoms with Gasteiger partial charge >= 0.3 is 11.9 Å². The molecule has 2 N–H and O–H groups in total. The first-order valence-corrected chi connectivity index (χ1v) is 6.94. The summed E-state index contributed by atoms with van der Waals surface area (Å²) in [6.07, 6.45) is 10.1. The van der Waals surface area contributed by atoms with Crippen molar-refractivity contribution in [2.75, 3.05) is 0 Å². The van der Waals surface area contributed by atoms with E-state index >= 15 is 0 Å². The van der Waals surface area contributed by atoms with Gasteiger partial charge in [0.05, 0.1) is 11.3 Å². The summed E-state index contributed by atoms with van der Waals surface area (Å²) in [6, 6.07) is 0. The van der Waals surface area contributed by atoms with Crippen LogP contribution in [0.5, 0.6) is 0 Å². The molecule has 0 aromatic rings. The molecule has 0 saturated heterocycles. The van der Waals surface area contributed by atoms with Crippen LogP contribution in [0.1, 0.15) is 94.4 Å². The zero-order chi connectivity index (χ0) is 13.6. The Morgan fingerprint density at radius 3 is 1.50 bits per heavy atom. The van der Waals surface area contributed by atoms with Gasteiger partial charge in [0.15, 0.2) is 0 Å². The molecule has 2 aliphatic carbocycles. The Labute approximate surface area is 138 Å². The molecule has 0 heterocycles. The largest absolute Gasteiger partial charge is 0.481 e. The summed E-state index contributed by atoms with van der Waals surface area (Å²) in [5, 5.41) is 17.8. The molecule has 0 radical (unpaired) electrons. The van der Waals surface area contributed by atoms with E-state index in [9.17, 15) is 9.59 Å². The molecule has 0 spiro atoms. The predicted molar refractivity (Wildman–Crippen MR) is 95.3 cm³/mol. The van der Waals surface area contributed by atoms with Gasteiger partial charge in [0.25, 0.3) is 0 Å². The highest BCUT2D eigenvalue weighted by molar-refractivity contribution is 5.83. The maximum atomic E-state index is 10.9. The van der Waals surface area contributed by atoms with Crippen molar-refractivity contribution in [2.45, 2.75) is 94.4 Å². The van der Waals surface area contributed by atoms with Crippen LogP contribution in [0.4, 0.5) is 0 Å². The first-order chi connectivity index (χ1) is 8.48. The Bertz CT molecular complexity index is 290. The van der Waals surface area contributed by atoms with Crippen molar-refractivity contribution in [1.82, 2.24) is 0 Å². The summed E-state index contributed by atoms with van der Waals surface area (Å²) in [7, 11) is 0. The molecule has 2 saturated carbocycles. The minimum atomic E-state index is -1.07. The van der Waals surface area contributed by atoms with Crippen molar-refractivity contribution < 1.29 is 19.8 Å². The molecule has 0 bridgehead atoms. The average Bonchev–Trinajstić information content (AvgIpc) is 2.87. The van der Waals surface area contributed by atoms with Crippen LogP contribution in [-0.4, -0.2) is 22.2 Å². The van der Waals surface area contributed by atoms with Gasteiger partial charge in [-0.1, -0.05) is 74.7 Å². The third-order valence-electron chi connectivity index (χ3n) is 4.24. The third-order valence-corrected chi connectivity index (χ3v) is 4.24. The molecule has 4 heteroatoms. The third kappa shape index (κ3) is 7.81. The molecular weight excluding hydrogens is 280 g/mol. The SMILES string of the molecule is C.C.C.C.C1CCCC1.CC1(C(=O)O)CCCCC1C(=O)O. The second-order valence-electron chi connectivity index (χ2n) is 5.63. The second kappa shape index (κ2) is 13.6. The van der Waals surface area contributed by atoms with Gasteiger partial charge in [-0.3, -0.25) is 9.59 Å². The number of hydrogen-bond donors (Lipinski definition) is 2. The fourth-order valence-corrected chi connectivity index (χ4v) is 2.87. The number of rotatable bonds is 2. The first kappa shape index (κ1) is 29.0. The van der Waals surface area contributed by atoms with Gasteiger partial charge in [0.2, 0.25) is 0 Å². The molecule has 4 nitrogen and oxygen atoms in total. The second-order valence-corrected chi connectivity index (χ2v) is 5.63. The summed E-state index contributed by atoms with van der Waals surface area (Å²) in [6.45, 7) is 1.54. The molecule has 0 amide bonds. The molecule has 2 unspecified atom stereocenters. The molecule has 2 fully saturated rings. The quantitative estimate of drug-likeness (QED) is 0.669. The molecule has 0 aliphatic heterocycles. The summed E-state index contributed by atoms with van der Waals surface area (Å²) in [4.78, 5) is 21.7. The van der Waals surface area contributed by atoms with E-state index < -0.39 is 23.3 Å². The van der Waals surface area contributed by atoms with Crippen LogP contribution in [0.2, 0.25) is 0 Å². The van der Waals surface area contributed by atoms with Crippen LogP contribution in [0.25, 0.3) is 0 Å². The normalized spacial score (nSPS) is 25.6. The van der Waals surface area contributed by atoms with E-state index in [-0.39, 0.29) is 29.7 Å². The number of carboxylic acids is 2. The van der Waals surface area contributed by atoms with Crippen LogP contribution in [0.3, 0.4) is 0 Å². The number of carbonyl (C=O) groups is 2. The van der Waals surface area contributed by atoms with E-state index in [1.165, 1.54) is 39.0 Å². The minimum absolute atomic E-state index is 0. The van der Waals surface area contributed by atoms with Crippen molar-refractivity contribution in [2.24, 2.45) is 11.3 Å². The van der Waals surface area contributed by atoms with Crippen LogP contribution in [0.15, 0.2) is 0 Å². The summed E-state index contributed by atoms with van der Waals surface area (Å²) >= 11 is 0. The predicted octanol–water partition coefficient (Wildman–Crippen LogP) is 5.85. The molecule has 136 valence electrons. The lowest BCUT2D eigenvalue weighted by Crippen LogP contribution is -2.42. The van der Waals surface area contributed by atoms with E-state index in [1.807, 2.05) is 0 Å². The van der Waals surface area contributed by atoms with Gasteiger partial charge in [-0.2, -0.15) is 0 Å². The van der Waals surface area contributed by atoms with Crippen LogP contribution < -0.4 is 0 Å². The van der Waals surface area contributed by atoms with Gasteiger partial charge in [-0.15, -0.1) is 0 Å². The number of carboxylic acid groups (broad SMARTS) is 2. The van der Waals surface area contributed by atoms with Crippen LogP contribution in [0, 0.1) is 11.3 Å². The lowest BCUT2D eigenvalue weighted by Gasteiger charge is -2.34. The molecule has 0 aromatic carbocycles. The maximum absolute atomic E-state index is 10.9. The Hall–Kier alpha value is -1.06. The number of aliphatic carboxylic acids is 2. The van der Waals surface area contributed by atoms with E-state index in [0.717, 1.165) is 12.8 Å². The van der Waals surface area contributed by atoms with Gasteiger partial charge in [-0.05, 0) is 19.8 Å². The molecule has 0 aromatic heterocycles. The van der Waals surface area contributed by atoms with Gasteiger partial charge in [0, 0.05) is 0 Å². The molecule has 2 aliphatic rings. The summed E-state index contributed by atoms with van der Waals surface area (Å²) < 4.78 is 0. The Balaban J connectivity index is -0.000000156. The number of hydrogen-bond acceptors (Lipinski definition) is 2. The van der Waals surface area contributed by atoms with Crippen LogP contribution >= 0.6 is 0 Å². The van der Waals surface area contributed by atoms with Crippen LogP contribution in [-0.2, 0) is 9.59 Å². The summed E-state index contributed by atoms with van der Waals surface area (Å²) in [5.74, 6) is -2.69. The van der Waals surface area contributed by atoms with Crippen molar-refractivity contribution in [3.8, 4) is 0 Å². The van der Waals surface area contributed by atoms with Crippen molar-refractivity contribution in [3.05, 3.63) is 0 Å². The standard InChI is InChI=1S/C9H14O4.C5H10.4CH4/c1-9(8(12)13)5-3-2-4-6(9)7(10)11;1-2-4-5-3-1;;;;/h6H,2-5H2,1H3,(H,10,11)(H,12,13);1-5H2;4*1H4. The highest BCUT2D eigenvalue weighted by atomic mass is 16.4. The minimum Gasteiger partial charge on any atom is -0.481 e. The fraction of sp³-hybridized carbons (Fsp3) is 0.889. The Morgan fingerprint density at radius 1 is 0.818 bits per heavy atom. The van der Waals surface area contributed by atoms with E-state index in [2.05, 4.69) is 0 Å². The smallest absolute Gasteiger partial charge is 0.310 e. The van der Waals surface area contributed by atoms with Crippen molar-refractivity contribution in [1.29, 1.82) is 0 Å². The molecule has 2 atom stereocenters. The zero-order valence-electron chi connectivity index (χ0n) is 11.2. The highest BCUT2D eigenvalue weighted by Gasteiger charge is 2.46. The van der Waals surface area contributed by atoms with E-state index in [0.29, 0.717) is 12.8 Å².